The quantitative estimate of drug-likeness (QED) is 0.792. The molecule has 0 saturated carbocycles. The van der Waals surface area contributed by atoms with Crippen molar-refractivity contribution < 1.29 is 9.90 Å². The fraction of sp³-hybridized carbons (Fsp3) is 0.632. The van der Waals surface area contributed by atoms with Crippen LogP contribution >= 0.6 is 0 Å². The lowest BCUT2D eigenvalue weighted by molar-refractivity contribution is -0.144. The minimum absolute atomic E-state index is 0.542. The first-order valence-corrected chi connectivity index (χ1v) is 9.14. The van der Waals surface area contributed by atoms with Gasteiger partial charge < -0.3 is 14.9 Å². The van der Waals surface area contributed by atoms with Gasteiger partial charge in [-0.05, 0) is 44.5 Å². The molecule has 1 unspecified atom stereocenters. The number of aliphatic carboxylic acids is 1. The number of carbonyl (C=O) groups is 1. The maximum Gasteiger partial charge on any atom is 0.325 e. The Hall–Kier alpha value is -1.59. The molecule has 1 N–H and O–H groups in total. The smallest absolute Gasteiger partial charge is 0.325 e. The lowest BCUT2D eigenvalue weighted by atomic mass is 10.0. The normalized spacial score (nSPS) is 17.6. The van der Waals surface area contributed by atoms with Gasteiger partial charge in [-0.2, -0.15) is 0 Å². The summed E-state index contributed by atoms with van der Waals surface area (Å²) in [6.07, 6.45) is 1.15. The van der Waals surface area contributed by atoms with Crippen molar-refractivity contribution in [1.29, 1.82) is 0 Å². The van der Waals surface area contributed by atoms with Gasteiger partial charge in [0.05, 0.1) is 0 Å². The Bertz CT molecular complexity index is 506. The predicted octanol–water partition coefficient (Wildman–Crippen LogP) is 2.69. The lowest BCUT2D eigenvalue weighted by Gasteiger charge is -2.37. The van der Waals surface area contributed by atoms with Crippen LogP contribution in [0.3, 0.4) is 0 Å². The second-order valence-electron chi connectivity index (χ2n) is 6.38. The largest absolute Gasteiger partial charge is 0.480 e. The Morgan fingerprint density at radius 2 is 1.67 bits per heavy atom. The van der Waals surface area contributed by atoms with Gasteiger partial charge in [0.15, 0.2) is 0 Å². The van der Waals surface area contributed by atoms with Gasteiger partial charge >= 0.3 is 5.97 Å². The zero-order chi connectivity index (χ0) is 17.5. The second kappa shape index (κ2) is 9.04. The van der Waals surface area contributed by atoms with Crippen LogP contribution in [0, 0.1) is 0 Å². The highest BCUT2D eigenvalue weighted by Gasteiger charge is 2.30. The van der Waals surface area contributed by atoms with Crippen LogP contribution in [0.2, 0.25) is 0 Å². The molecule has 0 bridgehead atoms. The molecule has 5 heteroatoms. The van der Waals surface area contributed by atoms with E-state index in [1.807, 2.05) is 24.3 Å². The van der Waals surface area contributed by atoms with Crippen molar-refractivity contribution in [3.8, 4) is 0 Å². The van der Waals surface area contributed by atoms with E-state index in [1.165, 1.54) is 0 Å². The Kier molecular flexibility index (Phi) is 7.06. The Balaban J connectivity index is 2.09. The Labute approximate surface area is 145 Å². The molecule has 1 saturated heterocycles. The summed E-state index contributed by atoms with van der Waals surface area (Å²) in [5, 5.41) is 9.75. The van der Waals surface area contributed by atoms with E-state index in [-0.39, 0.29) is 0 Å². The van der Waals surface area contributed by atoms with Crippen LogP contribution < -0.4 is 4.90 Å². The van der Waals surface area contributed by atoms with Crippen molar-refractivity contribution in [2.45, 2.75) is 33.2 Å². The van der Waals surface area contributed by atoms with Gasteiger partial charge in [-0.1, -0.05) is 19.1 Å². The van der Waals surface area contributed by atoms with E-state index in [0.717, 1.165) is 63.5 Å². The third-order valence-electron chi connectivity index (χ3n) is 4.88. The molecule has 134 valence electrons. The molecule has 2 rings (SSSR count). The van der Waals surface area contributed by atoms with Crippen molar-refractivity contribution in [2.75, 3.05) is 50.7 Å². The first kappa shape index (κ1) is 18.7. The molecule has 0 aliphatic carbocycles. The molecule has 5 nitrogen and oxygen atoms in total. The minimum atomic E-state index is -0.755. The number of carboxylic acids is 1. The molecule has 0 spiro atoms. The average molecular weight is 333 g/mol. The lowest BCUT2D eigenvalue weighted by Crippen LogP contribution is -2.49. The molecule has 24 heavy (non-hydrogen) atoms. The standard InChI is InChI=1S/C19H31N3O2/c1-4-11-20-12-14-22(15-13-20)18(19(23)24)16-7-9-17(10-8-16)21(5-2)6-3/h7-10,18H,4-6,11-15H2,1-3H3,(H,23,24). The summed E-state index contributed by atoms with van der Waals surface area (Å²) in [7, 11) is 0. The second-order valence-corrected chi connectivity index (χ2v) is 6.38. The minimum Gasteiger partial charge on any atom is -0.480 e. The number of anilines is 1. The summed E-state index contributed by atoms with van der Waals surface area (Å²) in [5.74, 6) is -0.755. The van der Waals surface area contributed by atoms with Gasteiger partial charge in [0.2, 0.25) is 0 Å². The summed E-state index contributed by atoms with van der Waals surface area (Å²) in [6.45, 7) is 13.0. The van der Waals surface area contributed by atoms with Crippen LogP contribution in [0.25, 0.3) is 0 Å². The highest BCUT2D eigenvalue weighted by atomic mass is 16.4. The SMILES string of the molecule is CCCN1CCN(C(C(=O)O)c2ccc(N(CC)CC)cc2)CC1. The van der Waals surface area contributed by atoms with Crippen molar-refractivity contribution in [1.82, 2.24) is 9.80 Å². The van der Waals surface area contributed by atoms with Crippen LogP contribution in [0.15, 0.2) is 24.3 Å². The van der Waals surface area contributed by atoms with Crippen molar-refractivity contribution in [2.24, 2.45) is 0 Å². The van der Waals surface area contributed by atoms with E-state index in [4.69, 9.17) is 0 Å². The number of benzene rings is 1. The predicted molar refractivity (Wildman–Crippen MR) is 98.7 cm³/mol. The Morgan fingerprint density at radius 1 is 1.08 bits per heavy atom. The van der Waals surface area contributed by atoms with Gasteiger partial charge in [0.1, 0.15) is 6.04 Å². The van der Waals surface area contributed by atoms with Gasteiger partial charge in [-0.3, -0.25) is 9.69 Å². The zero-order valence-electron chi connectivity index (χ0n) is 15.2. The molecule has 1 aliphatic heterocycles. The van der Waals surface area contributed by atoms with Gasteiger partial charge in [-0.25, -0.2) is 0 Å². The molecule has 0 radical (unpaired) electrons. The van der Waals surface area contributed by atoms with E-state index >= 15 is 0 Å². The van der Waals surface area contributed by atoms with Crippen molar-refractivity contribution in [3.63, 3.8) is 0 Å². The van der Waals surface area contributed by atoms with Crippen LogP contribution in [-0.4, -0.2) is 66.7 Å². The molecule has 1 aliphatic rings. The monoisotopic (exact) mass is 333 g/mol. The summed E-state index contributed by atoms with van der Waals surface area (Å²) in [4.78, 5) is 18.7. The highest BCUT2D eigenvalue weighted by molar-refractivity contribution is 5.76. The average Bonchev–Trinajstić information content (AvgIpc) is 2.59. The summed E-state index contributed by atoms with van der Waals surface area (Å²) < 4.78 is 0. The first-order chi connectivity index (χ1) is 11.6. The van der Waals surface area contributed by atoms with E-state index in [9.17, 15) is 9.90 Å². The number of nitrogens with zero attached hydrogens (tertiary/aromatic N) is 3. The number of piperazine rings is 1. The fourth-order valence-corrected chi connectivity index (χ4v) is 3.53. The molecule has 0 amide bonds. The maximum atomic E-state index is 11.9. The number of hydrogen-bond acceptors (Lipinski definition) is 4. The van der Waals surface area contributed by atoms with Crippen LogP contribution in [0.5, 0.6) is 0 Å². The third kappa shape index (κ3) is 4.48. The van der Waals surface area contributed by atoms with Gasteiger partial charge in [-0.15, -0.1) is 0 Å². The van der Waals surface area contributed by atoms with Crippen LogP contribution in [-0.2, 0) is 4.79 Å². The third-order valence-corrected chi connectivity index (χ3v) is 4.88. The molecule has 1 atom stereocenters. The number of rotatable bonds is 8. The van der Waals surface area contributed by atoms with E-state index < -0.39 is 12.0 Å². The van der Waals surface area contributed by atoms with Crippen LogP contribution in [0.4, 0.5) is 5.69 Å². The first-order valence-electron chi connectivity index (χ1n) is 9.14. The summed E-state index contributed by atoms with van der Waals surface area (Å²) in [6, 6.07) is 7.51. The number of hydrogen-bond donors (Lipinski definition) is 1. The molecule has 1 aromatic rings. The molecule has 1 aromatic carbocycles. The molecule has 0 aromatic heterocycles. The molecule has 1 heterocycles. The van der Waals surface area contributed by atoms with Crippen molar-refractivity contribution in [3.05, 3.63) is 29.8 Å². The van der Waals surface area contributed by atoms with Crippen molar-refractivity contribution >= 4 is 11.7 Å². The van der Waals surface area contributed by atoms with E-state index in [1.54, 1.807) is 0 Å². The Morgan fingerprint density at radius 3 is 2.12 bits per heavy atom. The maximum absolute atomic E-state index is 11.9. The molecular formula is C19H31N3O2. The van der Waals surface area contributed by atoms with E-state index in [0.29, 0.717) is 0 Å². The summed E-state index contributed by atoms with van der Waals surface area (Å²) in [5.41, 5.74) is 2.03. The number of carboxylic acid groups (broad SMARTS) is 1. The van der Waals surface area contributed by atoms with Gasteiger partial charge in [0.25, 0.3) is 0 Å². The molecular weight excluding hydrogens is 302 g/mol. The molecule has 1 fully saturated rings. The zero-order valence-corrected chi connectivity index (χ0v) is 15.2. The summed E-state index contributed by atoms with van der Waals surface area (Å²) >= 11 is 0. The van der Waals surface area contributed by atoms with E-state index in [2.05, 4.69) is 35.5 Å². The fourth-order valence-electron chi connectivity index (χ4n) is 3.53. The highest BCUT2D eigenvalue weighted by Crippen LogP contribution is 2.25. The topological polar surface area (TPSA) is 47.0 Å². The van der Waals surface area contributed by atoms with Gasteiger partial charge in [0, 0.05) is 45.0 Å². The van der Waals surface area contributed by atoms with Crippen LogP contribution in [0.1, 0.15) is 38.8 Å².